The number of hydrogen-bond acceptors (Lipinski definition) is 3. The second-order valence-corrected chi connectivity index (χ2v) is 6.44. The maximum atomic E-state index is 12.9. The average Bonchev–Trinajstić information content (AvgIpc) is 3.36. The van der Waals surface area contributed by atoms with E-state index in [1.165, 1.54) is 26.0 Å². The van der Waals surface area contributed by atoms with Crippen LogP contribution in [0.4, 0.5) is 13.2 Å². The summed E-state index contributed by atoms with van der Waals surface area (Å²) in [5.74, 6) is 1.05. The number of benzene rings is 1. The fourth-order valence-corrected chi connectivity index (χ4v) is 3.30. The van der Waals surface area contributed by atoms with E-state index in [2.05, 4.69) is 10.2 Å². The average molecular weight is 401 g/mol. The Bertz CT molecular complexity index is 547. The zero-order valence-corrected chi connectivity index (χ0v) is 15.8. The summed E-state index contributed by atoms with van der Waals surface area (Å²) in [6.07, 6.45) is -0.883. The molecule has 1 saturated heterocycles. The van der Waals surface area contributed by atoms with Crippen LogP contribution in [-0.2, 0) is 6.18 Å². The number of nitrogens with one attached hydrogen (secondary N) is 1. The Morgan fingerprint density at radius 3 is 2.36 bits per heavy atom. The monoisotopic (exact) mass is 400 g/mol. The first-order valence-corrected chi connectivity index (χ1v) is 8.19. The summed E-state index contributed by atoms with van der Waals surface area (Å²) in [5, 5.41) is 3.33. The summed E-state index contributed by atoms with van der Waals surface area (Å²) in [5.41, 5.74) is 0.234. The lowest BCUT2D eigenvalue weighted by Crippen LogP contribution is -2.45. The van der Waals surface area contributed by atoms with E-state index in [0.29, 0.717) is 11.7 Å². The molecule has 8 heteroatoms. The minimum Gasteiger partial charge on any atom is -0.496 e. The molecule has 2 aliphatic rings. The van der Waals surface area contributed by atoms with Crippen molar-refractivity contribution in [3.8, 4) is 5.75 Å². The van der Waals surface area contributed by atoms with E-state index in [1.54, 1.807) is 6.07 Å². The summed E-state index contributed by atoms with van der Waals surface area (Å²) in [4.78, 5) is 2.37. The molecule has 25 heavy (non-hydrogen) atoms. The molecular weight excluding hydrogens is 376 g/mol. The minimum absolute atomic E-state index is 0. The number of halogens is 5. The van der Waals surface area contributed by atoms with Crippen LogP contribution in [0.3, 0.4) is 0 Å². The van der Waals surface area contributed by atoms with E-state index in [0.717, 1.165) is 44.2 Å². The molecule has 1 aromatic rings. The lowest BCUT2D eigenvalue weighted by molar-refractivity contribution is -0.137. The van der Waals surface area contributed by atoms with Crippen molar-refractivity contribution in [2.75, 3.05) is 33.3 Å². The molecule has 0 aromatic heterocycles. The van der Waals surface area contributed by atoms with Gasteiger partial charge in [-0.3, -0.25) is 4.90 Å². The zero-order chi connectivity index (χ0) is 16.4. The predicted molar refractivity (Wildman–Crippen MR) is 97.0 cm³/mol. The molecule has 1 atom stereocenters. The van der Waals surface area contributed by atoms with Gasteiger partial charge in [0.2, 0.25) is 0 Å². The highest BCUT2D eigenvalue weighted by molar-refractivity contribution is 5.85. The van der Waals surface area contributed by atoms with Gasteiger partial charge in [0.05, 0.1) is 12.7 Å². The summed E-state index contributed by atoms with van der Waals surface area (Å²) in [6.45, 7) is 3.68. The van der Waals surface area contributed by atoms with Crippen molar-refractivity contribution in [2.24, 2.45) is 5.92 Å². The number of piperazine rings is 1. The Balaban J connectivity index is 0.00000156. The number of methoxy groups -OCH3 is 1. The number of ether oxygens (including phenoxy) is 1. The summed E-state index contributed by atoms with van der Waals surface area (Å²) >= 11 is 0. The normalized spacial score (nSPS) is 19.5. The van der Waals surface area contributed by atoms with Gasteiger partial charge in [0.15, 0.2) is 0 Å². The van der Waals surface area contributed by atoms with Crippen molar-refractivity contribution < 1.29 is 17.9 Å². The molecule has 1 aliphatic heterocycles. The van der Waals surface area contributed by atoms with Crippen LogP contribution in [0.15, 0.2) is 18.2 Å². The largest absolute Gasteiger partial charge is 0.496 e. The van der Waals surface area contributed by atoms with Crippen molar-refractivity contribution in [1.29, 1.82) is 0 Å². The van der Waals surface area contributed by atoms with Gasteiger partial charge in [-0.2, -0.15) is 13.2 Å². The molecule has 0 bridgehead atoms. The second kappa shape index (κ2) is 9.31. The van der Waals surface area contributed by atoms with Gasteiger partial charge in [-0.05, 0) is 24.5 Å². The van der Waals surface area contributed by atoms with Crippen LogP contribution in [0.25, 0.3) is 0 Å². The first-order chi connectivity index (χ1) is 11.0. The fourth-order valence-electron chi connectivity index (χ4n) is 3.30. The molecule has 3 nitrogen and oxygen atoms in total. The van der Waals surface area contributed by atoms with Crippen molar-refractivity contribution >= 4 is 24.8 Å². The van der Waals surface area contributed by atoms with Gasteiger partial charge >= 0.3 is 6.18 Å². The van der Waals surface area contributed by atoms with Gasteiger partial charge in [-0.25, -0.2) is 0 Å². The highest BCUT2D eigenvalue weighted by Crippen LogP contribution is 2.43. The van der Waals surface area contributed by atoms with E-state index in [9.17, 15) is 13.2 Å². The molecule has 0 spiro atoms. The predicted octanol–water partition coefficient (Wildman–Crippen LogP) is 4.30. The zero-order valence-electron chi connectivity index (χ0n) is 14.1. The number of hydrogen-bond donors (Lipinski definition) is 1. The molecule has 0 amide bonds. The fraction of sp³-hybridized carbons (Fsp3) is 0.647. The third-order valence-corrected chi connectivity index (χ3v) is 4.77. The molecule has 3 rings (SSSR count). The third-order valence-electron chi connectivity index (χ3n) is 4.77. The van der Waals surface area contributed by atoms with Crippen LogP contribution in [0.2, 0.25) is 0 Å². The summed E-state index contributed by atoms with van der Waals surface area (Å²) in [7, 11) is 1.45. The molecule has 1 saturated carbocycles. The lowest BCUT2D eigenvalue weighted by Gasteiger charge is -2.36. The Labute approximate surface area is 159 Å². The first-order valence-electron chi connectivity index (χ1n) is 8.19. The van der Waals surface area contributed by atoms with Gasteiger partial charge in [-0.1, -0.05) is 18.9 Å². The number of alkyl halides is 3. The van der Waals surface area contributed by atoms with Crippen molar-refractivity contribution in [3.05, 3.63) is 29.3 Å². The minimum atomic E-state index is -4.34. The van der Waals surface area contributed by atoms with Crippen LogP contribution >= 0.6 is 24.8 Å². The molecule has 1 aliphatic carbocycles. The highest BCUT2D eigenvalue weighted by atomic mass is 35.5. The molecule has 1 aromatic carbocycles. The van der Waals surface area contributed by atoms with Crippen LogP contribution in [-0.4, -0.2) is 38.2 Å². The molecule has 0 radical (unpaired) electrons. The first kappa shape index (κ1) is 22.4. The van der Waals surface area contributed by atoms with Crippen LogP contribution in [0.1, 0.15) is 36.4 Å². The van der Waals surface area contributed by atoms with Crippen LogP contribution in [0.5, 0.6) is 5.75 Å². The third kappa shape index (κ3) is 5.64. The SMILES string of the molecule is COc1cc(C(F)(F)F)ccc1[C@H](CC1CC1)N1CCNCC1.Cl.Cl. The quantitative estimate of drug-likeness (QED) is 0.796. The van der Waals surface area contributed by atoms with Gasteiger partial charge in [0.25, 0.3) is 0 Å². The summed E-state index contributed by atoms with van der Waals surface area (Å²) in [6, 6.07) is 4.07. The number of nitrogens with zero attached hydrogens (tertiary/aromatic N) is 1. The van der Waals surface area contributed by atoms with Gasteiger partial charge < -0.3 is 10.1 Å². The Morgan fingerprint density at radius 2 is 1.84 bits per heavy atom. The molecular formula is C17H25Cl2F3N2O. The molecule has 1 heterocycles. The van der Waals surface area contributed by atoms with Gasteiger partial charge in [0.1, 0.15) is 5.75 Å². The van der Waals surface area contributed by atoms with E-state index >= 15 is 0 Å². The Morgan fingerprint density at radius 1 is 1.20 bits per heavy atom. The van der Waals surface area contributed by atoms with Crippen LogP contribution < -0.4 is 10.1 Å². The topological polar surface area (TPSA) is 24.5 Å². The van der Waals surface area contributed by atoms with E-state index in [-0.39, 0.29) is 30.9 Å². The van der Waals surface area contributed by atoms with E-state index in [4.69, 9.17) is 4.74 Å². The molecule has 2 fully saturated rings. The Kier molecular flexibility index (Phi) is 8.32. The lowest BCUT2D eigenvalue weighted by atomic mass is 9.96. The smallest absolute Gasteiger partial charge is 0.416 e. The molecule has 0 unspecified atom stereocenters. The summed E-state index contributed by atoms with van der Waals surface area (Å²) < 4.78 is 44.1. The van der Waals surface area contributed by atoms with E-state index in [1.807, 2.05) is 0 Å². The number of rotatable bonds is 5. The molecule has 1 N–H and O–H groups in total. The second-order valence-electron chi connectivity index (χ2n) is 6.44. The Hall–Kier alpha value is -0.690. The van der Waals surface area contributed by atoms with Gasteiger partial charge in [-0.15, -0.1) is 24.8 Å². The standard InChI is InChI=1S/C17H23F3N2O.2ClH/c1-23-16-11-13(17(18,19)20)4-5-14(16)15(10-12-2-3-12)22-8-6-21-7-9-22;;/h4-5,11-12,15,21H,2-3,6-10H2,1H3;2*1H/t15-;;/m0../s1. The van der Waals surface area contributed by atoms with Gasteiger partial charge in [0, 0.05) is 37.8 Å². The molecule has 144 valence electrons. The van der Waals surface area contributed by atoms with Crippen molar-refractivity contribution in [2.45, 2.75) is 31.5 Å². The van der Waals surface area contributed by atoms with Crippen LogP contribution in [0, 0.1) is 5.92 Å². The van der Waals surface area contributed by atoms with Crippen molar-refractivity contribution in [1.82, 2.24) is 10.2 Å². The van der Waals surface area contributed by atoms with E-state index < -0.39 is 11.7 Å². The maximum absolute atomic E-state index is 12.9. The maximum Gasteiger partial charge on any atom is 0.416 e. The highest BCUT2D eigenvalue weighted by Gasteiger charge is 2.35. The van der Waals surface area contributed by atoms with Crippen molar-refractivity contribution in [3.63, 3.8) is 0 Å².